The summed E-state index contributed by atoms with van der Waals surface area (Å²) in [6, 6.07) is 10.3. The van der Waals surface area contributed by atoms with Gasteiger partial charge in [0.25, 0.3) is 0 Å². The molecule has 114 valence electrons. The summed E-state index contributed by atoms with van der Waals surface area (Å²) in [5.74, 6) is 0. The van der Waals surface area contributed by atoms with Gasteiger partial charge in [0, 0.05) is 25.8 Å². The van der Waals surface area contributed by atoms with Gasteiger partial charge in [-0.2, -0.15) is 0 Å². The van der Waals surface area contributed by atoms with Crippen LogP contribution in [0.1, 0.15) is 11.9 Å². The Bertz CT molecular complexity index is 552. The average Bonchev–Trinajstić information content (AvgIpc) is 2.87. The minimum Gasteiger partial charge on any atom is -0.388 e. The largest absolute Gasteiger partial charge is 0.388 e. The Morgan fingerprint density at radius 1 is 1.29 bits per heavy atom. The van der Waals surface area contributed by atoms with E-state index in [0.29, 0.717) is 19.6 Å². The highest BCUT2D eigenvalue weighted by Crippen LogP contribution is 2.25. The number of nitrogens with zero attached hydrogens (tertiary/aromatic N) is 2. The Labute approximate surface area is 130 Å². The van der Waals surface area contributed by atoms with Gasteiger partial charge in [0.05, 0.1) is 10.5 Å². The molecule has 2 aromatic rings. The Morgan fingerprint density at radius 3 is 2.67 bits per heavy atom. The average molecular weight is 305 g/mol. The molecular weight excluding hydrogens is 282 g/mol. The first-order valence-corrected chi connectivity index (χ1v) is 7.86. The molecule has 0 saturated carbocycles. The van der Waals surface area contributed by atoms with Crippen LogP contribution in [0.3, 0.4) is 0 Å². The lowest BCUT2D eigenvalue weighted by atomic mass is 10.1. The molecule has 21 heavy (non-hydrogen) atoms. The second-order valence-corrected chi connectivity index (χ2v) is 6.94. The number of rotatable bonds is 7. The zero-order valence-corrected chi connectivity index (χ0v) is 13.7. The van der Waals surface area contributed by atoms with Crippen molar-refractivity contribution in [1.29, 1.82) is 0 Å². The van der Waals surface area contributed by atoms with E-state index in [1.54, 1.807) is 11.3 Å². The smallest absolute Gasteiger partial charge is 0.107 e. The van der Waals surface area contributed by atoms with E-state index < -0.39 is 5.60 Å². The molecule has 0 bridgehead atoms. The quantitative estimate of drug-likeness (QED) is 0.823. The summed E-state index contributed by atoms with van der Waals surface area (Å²) in [5.41, 5.74) is 0.462. The molecule has 2 rings (SSSR count). The maximum atomic E-state index is 10.2. The van der Waals surface area contributed by atoms with Crippen molar-refractivity contribution >= 4 is 11.3 Å². The van der Waals surface area contributed by atoms with Crippen molar-refractivity contribution in [2.75, 3.05) is 27.2 Å². The second-order valence-electron chi connectivity index (χ2n) is 5.82. The van der Waals surface area contributed by atoms with Crippen molar-refractivity contribution in [2.45, 2.75) is 19.1 Å². The molecule has 2 N–H and O–H groups in total. The number of aromatic nitrogens is 1. The summed E-state index contributed by atoms with van der Waals surface area (Å²) < 4.78 is 0. The molecule has 1 atom stereocenters. The number of hydrogen-bond acceptors (Lipinski definition) is 5. The third-order valence-corrected chi connectivity index (χ3v) is 4.10. The van der Waals surface area contributed by atoms with Gasteiger partial charge in [-0.1, -0.05) is 30.3 Å². The fourth-order valence-corrected chi connectivity index (χ4v) is 3.20. The molecule has 1 aromatic heterocycles. The van der Waals surface area contributed by atoms with Gasteiger partial charge in [-0.3, -0.25) is 0 Å². The summed E-state index contributed by atoms with van der Waals surface area (Å²) in [6.45, 7) is 3.71. The van der Waals surface area contributed by atoms with Gasteiger partial charge in [-0.25, -0.2) is 4.98 Å². The highest BCUT2D eigenvalue weighted by atomic mass is 32.1. The standard InChI is InChI=1S/C16H23N3OS/c1-16(20,12-19(2)3)11-17-10-15-18-9-14(21-15)13-7-5-4-6-8-13/h4-9,17,20H,10-12H2,1-3H3. The Hall–Kier alpha value is -1.27. The van der Waals surface area contributed by atoms with Crippen molar-refractivity contribution in [2.24, 2.45) is 0 Å². The molecule has 1 unspecified atom stereocenters. The summed E-state index contributed by atoms with van der Waals surface area (Å²) in [5, 5.41) is 14.5. The number of nitrogens with one attached hydrogen (secondary N) is 1. The molecule has 0 saturated heterocycles. The molecule has 1 heterocycles. The minimum absolute atomic E-state index is 0.547. The highest BCUT2D eigenvalue weighted by molar-refractivity contribution is 7.15. The van der Waals surface area contributed by atoms with Gasteiger partial charge in [0.1, 0.15) is 5.01 Å². The van der Waals surface area contributed by atoms with Gasteiger partial charge in [0.2, 0.25) is 0 Å². The van der Waals surface area contributed by atoms with Gasteiger partial charge in [0.15, 0.2) is 0 Å². The zero-order valence-electron chi connectivity index (χ0n) is 12.8. The van der Waals surface area contributed by atoms with Crippen LogP contribution in [0.2, 0.25) is 0 Å². The van der Waals surface area contributed by atoms with E-state index in [0.717, 1.165) is 5.01 Å². The molecule has 0 spiro atoms. The van der Waals surface area contributed by atoms with Crippen LogP contribution in [0.15, 0.2) is 36.5 Å². The van der Waals surface area contributed by atoms with E-state index in [2.05, 4.69) is 22.4 Å². The van der Waals surface area contributed by atoms with Crippen molar-refractivity contribution in [1.82, 2.24) is 15.2 Å². The van der Waals surface area contributed by atoms with Gasteiger partial charge in [-0.15, -0.1) is 11.3 Å². The number of likely N-dealkylation sites (N-methyl/N-ethyl adjacent to an activating group) is 1. The molecule has 1 aromatic carbocycles. The Morgan fingerprint density at radius 2 is 2.00 bits per heavy atom. The molecule has 0 aliphatic heterocycles. The summed E-state index contributed by atoms with van der Waals surface area (Å²) in [6.07, 6.45) is 1.91. The Balaban J connectivity index is 1.86. The van der Waals surface area contributed by atoms with Gasteiger partial charge in [-0.05, 0) is 26.6 Å². The monoisotopic (exact) mass is 305 g/mol. The highest BCUT2D eigenvalue weighted by Gasteiger charge is 2.20. The number of thiazole rings is 1. The first kappa shape index (κ1) is 16.1. The number of benzene rings is 1. The van der Waals surface area contributed by atoms with Crippen LogP contribution in [0.5, 0.6) is 0 Å². The third kappa shape index (κ3) is 5.21. The van der Waals surface area contributed by atoms with Crippen LogP contribution < -0.4 is 5.32 Å². The molecule has 4 nitrogen and oxygen atoms in total. The number of hydrogen-bond donors (Lipinski definition) is 2. The molecule has 5 heteroatoms. The van der Waals surface area contributed by atoms with E-state index in [4.69, 9.17) is 0 Å². The molecule has 0 aliphatic rings. The summed E-state index contributed by atoms with van der Waals surface area (Å²) in [4.78, 5) is 7.60. The number of aliphatic hydroxyl groups is 1. The van der Waals surface area contributed by atoms with Crippen LogP contribution in [-0.2, 0) is 6.54 Å². The first-order chi connectivity index (χ1) is 9.96. The second kappa shape index (κ2) is 7.13. The van der Waals surface area contributed by atoms with Crippen LogP contribution in [0.25, 0.3) is 10.4 Å². The third-order valence-electron chi connectivity index (χ3n) is 3.05. The predicted octanol–water partition coefficient (Wildman–Crippen LogP) is 2.21. The van der Waals surface area contributed by atoms with E-state index in [1.807, 2.05) is 50.3 Å². The fraction of sp³-hybridized carbons (Fsp3) is 0.438. The van der Waals surface area contributed by atoms with Crippen molar-refractivity contribution in [3.8, 4) is 10.4 Å². The molecule has 0 fully saturated rings. The van der Waals surface area contributed by atoms with Crippen LogP contribution in [0.4, 0.5) is 0 Å². The van der Waals surface area contributed by atoms with Gasteiger partial charge < -0.3 is 15.3 Å². The molecule has 0 radical (unpaired) electrons. The topological polar surface area (TPSA) is 48.4 Å². The maximum Gasteiger partial charge on any atom is 0.107 e. The van der Waals surface area contributed by atoms with E-state index in [9.17, 15) is 5.11 Å². The lowest BCUT2D eigenvalue weighted by Crippen LogP contribution is -2.45. The molecule has 0 aliphatic carbocycles. The predicted molar refractivity (Wildman–Crippen MR) is 88.4 cm³/mol. The zero-order chi connectivity index (χ0) is 15.3. The summed E-state index contributed by atoms with van der Waals surface area (Å²) >= 11 is 1.68. The van der Waals surface area contributed by atoms with E-state index in [-0.39, 0.29) is 0 Å². The lowest BCUT2D eigenvalue weighted by Gasteiger charge is -2.27. The first-order valence-electron chi connectivity index (χ1n) is 7.04. The fourth-order valence-electron chi connectivity index (χ4n) is 2.30. The van der Waals surface area contributed by atoms with E-state index in [1.165, 1.54) is 10.4 Å². The van der Waals surface area contributed by atoms with Crippen molar-refractivity contribution in [3.63, 3.8) is 0 Å². The summed E-state index contributed by atoms with van der Waals surface area (Å²) in [7, 11) is 3.92. The maximum absolute atomic E-state index is 10.2. The van der Waals surface area contributed by atoms with E-state index >= 15 is 0 Å². The normalized spacial score (nSPS) is 14.3. The molecular formula is C16H23N3OS. The van der Waals surface area contributed by atoms with Crippen molar-refractivity contribution in [3.05, 3.63) is 41.5 Å². The lowest BCUT2D eigenvalue weighted by molar-refractivity contribution is 0.0336. The van der Waals surface area contributed by atoms with Crippen LogP contribution in [0, 0.1) is 0 Å². The Kier molecular flexibility index (Phi) is 5.47. The van der Waals surface area contributed by atoms with Crippen LogP contribution in [-0.4, -0.2) is 47.8 Å². The SMILES string of the molecule is CN(C)CC(C)(O)CNCc1ncc(-c2ccccc2)s1. The van der Waals surface area contributed by atoms with Gasteiger partial charge >= 0.3 is 0 Å². The minimum atomic E-state index is -0.733. The van der Waals surface area contributed by atoms with Crippen molar-refractivity contribution < 1.29 is 5.11 Å². The molecule has 0 amide bonds. The van der Waals surface area contributed by atoms with Crippen LogP contribution >= 0.6 is 11.3 Å².